The quantitative estimate of drug-likeness (QED) is 0.345. The molecule has 0 bridgehead atoms. The van der Waals surface area contributed by atoms with Crippen molar-refractivity contribution in [3.63, 3.8) is 0 Å². The van der Waals surface area contributed by atoms with Gasteiger partial charge in [-0.15, -0.1) is 0 Å². The lowest BCUT2D eigenvalue weighted by Gasteiger charge is -2.21. The van der Waals surface area contributed by atoms with Gasteiger partial charge in [0.15, 0.2) is 5.75 Å². The topological polar surface area (TPSA) is 108 Å². The van der Waals surface area contributed by atoms with Crippen molar-refractivity contribution in [2.75, 3.05) is 18.9 Å². The number of benzene rings is 3. The first-order valence-corrected chi connectivity index (χ1v) is 11.1. The van der Waals surface area contributed by atoms with Gasteiger partial charge in [0.2, 0.25) is 5.95 Å². The second-order valence-electron chi connectivity index (χ2n) is 7.97. The smallest absolute Gasteiger partial charge is 0.415 e. The molecule has 0 saturated heterocycles. The van der Waals surface area contributed by atoms with Crippen molar-refractivity contribution in [1.82, 2.24) is 14.9 Å². The highest BCUT2D eigenvalue weighted by Crippen LogP contribution is 2.29. The van der Waals surface area contributed by atoms with E-state index in [2.05, 4.69) is 15.3 Å². The molecule has 1 aromatic heterocycles. The van der Waals surface area contributed by atoms with Crippen molar-refractivity contribution >= 4 is 12.0 Å². The molecule has 0 radical (unpaired) electrons. The van der Waals surface area contributed by atoms with Gasteiger partial charge in [0.05, 0.1) is 18.8 Å². The van der Waals surface area contributed by atoms with E-state index >= 15 is 0 Å². The van der Waals surface area contributed by atoms with Gasteiger partial charge >= 0.3 is 6.09 Å². The van der Waals surface area contributed by atoms with Crippen LogP contribution in [0.5, 0.6) is 11.5 Å². The second-order valence-corrected chi connectivity index (χ2v) is 7.97. The Morgan fingerprint density at radius 3 is 2.46 bits per heavy atom. The molecule has 1 atom stereocenters. The number of ether oxygens (including phenoxy) is 1. The first kappa shape index (κ1) is 23.7. The van der Waals surface area contributed by atoms with Crippen LogP contribution in [0.3, 0.4) is 0 Å². The van der Waals surface area contributed by atoms with Gasteiger partial charge < -0.3 is 25.2 Å². The summed E-state index contributed by atoms with van der Waals surface area (Å²) in [6, 6.07) is 25.5. The maximum Gasteiger partial charge on any atom is 0.415 e. The monoisotopic (exact) mass is 470 g/mol. The first-order valence-electron chi connectivity index (χ1n) is 11.1. The standard InChI is InChI=1S/C27H26N4O4/c1-31(18-23(33)21-13-8-14-22(32)15-21)27(34)35-24-17-29-26(28-16-19-9-4-2-5-10-19)30-25(24)20-11-6-3-7-12-20/h2-15,17,23,32-33H,16,18H2,1H3,(H,28,29,30). The van der Waals surface area contributed by atoms with Crippen molar-refractivity contribution in [2.45, 2.75) is 12.6 Å². The molecule has 4 aromatic rings. The van der Waals surface area contributed by atoms with E-state index < -0.39 is 12.2 Å². The first-order chi connectivity index (χ1) is 17.0. The number of anilines is 1. The maximum absolute atomic E-state index is 12.8. The molecule has 4 rings (SSSR count). The van der Waals surface area contributed by atoms with Crippen LogP contribution in [0, 0.1) is 0 Å². The van der Waals surface area contributed by atoms with Gasteiger partial charge in [-0.1, -0.05) is 72.8 Å². The van der Waals surface area contributed by atoms with Crippen molar-refractivity contribution < 1.29 is 19.7 Å². The number of aliphatic hydroxyl groups excluding tert-OH is 1. The van der Waals surface area contributed by atoms with Crippen LogP contribution in [0.25, 0.3) is 11.3 Å². The number of hydrogen-bond acceptors (Lipinski definition) is 7. The lowest BCUT2D eigenvalue weighted by Crippen LogP contribution is -2.33. The molecule has 0 spiro atoms. The maximum atomic E-state index is 12.8. The van der Waals surface area contributed by atoms with Crippen LogP contribution >= 0.6 is 0 Å². The summed E-state index contributed by atoms with van der Waals surface area (Å²) in [5.41, 5.74) is 2.81. The summed E-state index contributed by atoms with van der Waals surface area (Å²) in [5, 5.41) is 23.3. The molecule has 0 fully saturated rings. The Morgan fingerprint density at radius 1 is 1.03 bits per heavy atom. The SMILES string of the molecule is CN(CC(O)c1cccc(O)c1)C(=O)Oc1cnc(NCc2ccccc2)nc1-c1ccccc1. The Balaban J connectivity index is 1.50. The Kier molecular flexibility index (Phi) is 7.54. The van der Waals surface area contributed by atoms with E-state index in [0.717, 1.165) is 11.1 Å². The van der Waals surface area contributed by atoms with Crippen molar-refractivity contribution in [3.8, 4) is 22.8 Å². The third-order valence-corrected chi connectivity index (χ3v) is 5.31. The zero-order valence-corrected chi connectivity index (χ0v) is 19.2. The van der Waals surface area contributed by atoms with Crippen LogP contribution in [0.15, 0.2) is 91.1 Å². The number of aromatic hydroxyl groups is 1. The molecule has 0 aliphatic carbocycles. The molecular formula is C27H26N4O4. The van der Waals surface area contributed by atoms with Crippen LogP contribution in [0.1, 0.15) is 17.2 Å². The van der Waals surface area contributed by atoms with E-state index in [1.165, 1.54) is 30.3 Å². The number of aromatic nitrogens is 2. The van der Waals surface area contributed by atoms with Crippen LogP contribution < -0.4 is 10.1 Å². The second kappa shape index (κ2) is 11.1. The largest absolute Gasteiger partial charge is 0.508 e. The molecule has 0 saturated carbocycles. The molecule has 1 heterocycles. The number of phenols is 1. The number of rotatable bonds is 8. The van der Waals surface area contributed by atoms with Gasteiger partial charge in [-0.25, -0.2) is 14.8 Å². The third-order valence-electron chi connectivity index (χ3n) is 5.31. The van der Waals surface area contributed by atoms with Crippen LogP contribution in [0.4, 0.5) is 10.7 Å². The lowest BCUT2D eigenvalue weighted by molar-refractivity contribution is 0.112. The highest BCUT2D eigenvalue weighted by Gasteiger charge is 2.20. The molecule has 3 aromatic carbocycles. The van der Waals surface area contributed by atoms with E-state index in [1.807, 2.05) is 60.7 Å². The fraction of sp³-hybridized carbons (Fsp3) is 0.148. The molecular weight excluding hydrogens is 444 g/mol. The minimum atomic E-state index is -0.992. The highest BCUT2D eigenvalue weighted by molar-refractivity contribution is 5.75. The molecule has 3 N–H and O–H groups in total. The van der Waals surface area contributed by atoms with Gasteiger partial charge in [-0.3, -0.25) is 0 Å². The number of nitrogens with zero attached hydrogens (tertiary/aromatic N) is 3. The summed E-state index contributed by atoms with van der Waals surface area (Å²) in [5.74, 6) is 0.641. The number of phenolic OH excluding ortho intramolecular Hbond substituents is 1. The Bertz CT molecular complexity index is 1270. The minimum Gasteiger partial charge on any atom is -0.508 e. The Labute approximate surface area is 203 Å². The van der Waals surface area contributed by atoms with Gasteiger partial charge in [-0.2, -0.15) is 0 Å². The summed E-state index contributed by atoms with van der Waals surface area (Å²) >= 11 is 0. The minimum absolute atomic E-state index is 0.0273. The number of hydrogen-bond donors (Lipinski definition) is 3. The van der Waals surface area contributed by atoms with Gasteiger partial charge in [0, 0.05) is 19.2 Å². The van der Waals surface area contributed by atoms with Gasteiger partial charge in [0.25, 0.3) is 0 Å². The summed E-state index contributed by atoms with van der Waals surface area (Å²) in [6.07, 6.45) is -0.205. The lowest BCUT2D eigenvalue weighted by atomic mass is 10.1. The normalized spacial score (nSPS) is 11.5. The average molecular weight is 471 g/mol. The van der Waals surface area contributed by atoms with Gasteiger partial charge in [0.1, 0.15) is 11.4 Å². The van der Waals surface area contributed by atoms with E-state index in [1.54, 1.807) is 12.1 Å². The number of amides is 1. The van der Waals surface area contributed by atoms with Gasteiger partial charge in [-0.05, 0) is 23.3 Å². The molecule has 8 heteroatoms. The summed E-state index contributed by atoms with van der Waals surface area (Å²) in [7, 11) is 1.52. The number of aliphatic hydroxyl groups is 1. The molecule has 8 nitrogen and oxygen atoms in total. The number of carbonyl (C=O) groups is 1. The predicted octanol–water partition coefficient (Wildman–Crippen LogP) is 4.63. The molecule has 0 aliphatic rings. The molecule has 35 heavy (non-hydrogen) atoms. The van der Waals surface area contributed by atoms with Crippen molar-refractivity contribution in [1.29, 1.82) is 0 Å². The van der Waals surface area contributed by atoms with Crippen LogP contribution in [-0.4, -0.2) is 44.8 Å². The molecule has 178 valence electrons. The Hall–Kier alpha value is -4.43. The van der Waals surface area contributed by atoms with Crippen LogP contribution in [-0.2, 0) is 6.54 Å². The number of nitrogens with one attached hydrogen (secondary N) is 1. The summed E-state index contributed by atoms with van der Waals surface area (Å²) < 4.78 is 5.61. The number of carbonyl (C=O) groups excluding carboxylic acids is 1. The fourth-order valence-electron chi connectivity index (χ4n) is 3.45. The summed E-state index contributed by atoms with van der Waals surface area (Å²) in [4.78, 5) is 23.0. The Morgan fingerprint density at radius 2 is 1.74 bits per heavy atom. The third kappa shape index (κ3) is 6.33. The zero-order valence-electron chi connectivity index (χ0n) is 19.2. The van der Waals surface area contributed by atoms with E-state index in [-0.39, 0.29) is 18.0 Å². The molecule has 0 aliphatic heterocycles. The van der Waals surface area contributed by atoms with E-state index in [4.69, 9.17) is 4.74 Å². The average Bonchev–Trinajstić information content (AvgIpc) is 2.89. The van der Waals surface area contributed by atoms with Crippen LogP contribution in [0.2, 0.25) is 0 Å². The van der Waals surface area contributed by atoms with Crippen molar-refractivity contribution in [3.05, 3.63) is 102 Å². The van der Waals surface area contributed by atoms with E-state index in [0.29, 0.717) is 23.8 Å². The van der Waals surface area contributed by atoms with Crippen molar-refractivity contribution in [2.24, 2.45) is 0 Å². The van der Waals surface area contributed by atoms with E-state index in [9.17, 15) is 15.0 Å². The predicted molar refractivity (Wildman–Crippen MR) is 133 cm³/mol. The molecule has 1 unspecified atom stereocenters. The summed E-state index contributed by atoms with van der Waals surface area (Å²) in [6.45, 7) is 0.518. The highest BCUT2D eigenvalue weighted by atomic mass is 16.6. The number of likely N-dealkylation sites (N-methyl/N-ethyl adjacent to an activating group) is 1. The zero-order chi connectivity index (χ0) is 24.6. The molecule has 1 amide bonds. The fourth-order valence-corrected chi connectivity index (χ4v) is 3.45.